The van der Waals surface area contributed by atoms with Crippen molar-refractivity contribution in [2.75, 3.05) is 40.0 Å². The van der Waals surface area contributed by atoms with E-state index in [1.165, 1.54) is 0 Å². The molecule has 0 atom stereocenters. The summed E-state index contributed by atoms with van der Waals surface area (Å²) in [6.07, 6.45) is 0. The first-order valence-electron chi connectivity index (χ1n) is 4.90. The lowest BCUT2D eigenvalue weighted by atomic mass is 9.95. The Morgan fingerprint density at radius 1 is 1.31 bits per heavy atom. The summed E-state index contributed by atoms with van der Waals surface area (Å²) in [6.45, 7) is 10.7. The molecule has 0 aromatic rings. The molecule has 0 saturated carbocycles. The third kappa shape index (κ3) is 8.22. The van der Waals surface area contributed by atoms with Crippen LogP contribution >= 0.6 is 0 Å². The lowest BCUT2D eigenvalue weighted by Crippen LogP contribution is -2.34. The molecule has 0 spiro atoms. The molecule has 0 rings (SSSR count). The summed E-state index contributed by atoms with van der Waals surface area (Å²) in [5.74, 6) is 0. The first-order valence-corrected chi connectivity index (χ1v) is 4.90. The third-order valence-electron chi connectivity index (χ3n) is 1.78. The number of nitrogens with one attached hydrogen (secondary N) is 1. The summed E-state index contributed by atoms with van der Waals surface area (Å²) in [6, 6.07) is 0. The van der Waals surface area contributed by atoms with Gasteiger partial charge in [0.2, 0.25) is 0 Å². The molecule has 0 bridgehead atoms. The summed E-state index contributed by atoms with van der Waals surface area (Å²) in [4.78, 5) is 0. The van der Waals surface area contributed by atoms with Crippen molar-refractivity contribution in [1.29, 1.82) is 0 Å². The molecule has 3 heteroatoms. The Kier molecular flexibility index (Phi) is 7.23. The van der Waals surface area contributed by atoms with Crippen LogP contribution in [0.25, 0.3) is 0 Å². The highest BCUT2D eigenvalue weighted by molar-refractivity contribution is 4.70. The molecule has 13 heavy (non-hydrogen) atoms. The fourth-order valence-corrected chi connectivity index (χ4v) is 1.03. The van der Waals surface area contributed by atoms with Crippen LogP contribution in [0.5, 0.6) is 0 Å². The number of hydrogen-bond acceptors (Lipinski definition) is 3. The lowest BCUT2D eigenvalue weighted by Gasteiger charge is -2.24. The monoisotopic (exact) mass is 189 g/mol. The second kappa shape index (κ2) is 7.30. The van der Waals surface area contributed by atoms with Gasteiger partial charge in [-0.15, -0.1) is 0 Å². The highest BCUT2D eigenvalue weighted by Crippen LogP contribution is 2.13. The van der Waals surface area contributed by atoms with Gasteiger partial charge in [-0.1, -0.05) is 13.8 Å². The number of rotatable bonds is 8. The molecule has 80 valence electrons. The van der Waals surface area contributed by atoms with E-state index in [1.54, 1.807) is 7.11 Å². The van der Waals surface area contributed by atoms with Gasteiger partial charge in [-0.25, -0.2) is 0 Å². The van der Waals surface area contributed by atoms with Gasteiger partial charge < -0.3 is 14.8 Å². The molecule has 0 aliphatic carbocycles. The summed E-state index contributed by atoms with van der Waals surface area (Å²) < 4.78 is 10.3. The zero-order valence-corrected chi connectivity index (χ0v) is 9.35. The molecular weight excluding hydrogens is 166 g/mol. The van der Waals surface area contributed by atoms with Crippen molar-refractivity contribution >= 4 is 0 Å². The molecular formula is C10H23NO2. The van der Waals surface area contributed by atoms with Gasteiger partial charge in [0.1, 0.15) is 0 Å². The number of methoxy groups -OCH3 is 1. The quantitative estimate of drug-likeness (QED) is 0.584. The zero-order valence-electron chi connectivity index (χ0n) is 9.35. The second-order valence-corrected chi connectivity index (χ2v) is 3.97. The van der Waals surface area contributed by atoms with Crippen LogP contribution in [0, 0.1) is 5.41 Å². The Morgan fingerprint density at radius 3 is 2.54 bits per heavy atom. The van der Waals surface area contributed by atoms with E-state index in [2.05, 4.69) is 19.2 Å². The van der Waals surface area contributed by atoms with Crippen LogP contribution in [0.4, 0.5) is 0 Å². The minimum atomic E-state index is 0.212. The highest BCUT2D eigenvalue weighted by atomic mass is 16.5. The van der Waals surface area contributed by atoms with Crippen LogP contribution in [0.2, 0.25) is 0 Å². The van der Waals surface area contributed by atoms with Gasteiger partial charge in [-0.3, -0.25) is 0 Å². The maximum atomic E-state index is 5.38. The Morgan fingerprint density at radius 2 is 2.00 bits per heavy atom. The van der Waals surface area contributed by atoms with Crippen molar-refractivity contribution in [2.45, 2.75) is 20.8 Å². The van der Waals surface area contributed by atoms with E-state index in [-0.39, 0.29) is 5.41 Å². The molecule has 3 nitrogen and oxygen atoms in total. The molecule has 0 unspecified atom stereocenters. The minimum absolute atomic E-state index is 0.212. The first-order chi connectivity index (χ1) is 6.12. The van der Waals surface area contributed by atoms with Gasteiger partial charge in [0.15, 0.2) is 0 Å². The average molecular weight is 189 g/mol. The molecule has 1 N–H and O–H groups in total. The van der Waals surface area contributed by atoms with E-state index in [0.717, 1.165) is 32.9 Å². The van der Waals surface area contributed by atoms with Crippen LogP contribution in [0.1, 0.15) is 20.8 Å². The maximum Gasteiger partial charge on any atom is 0.0587 e. The van der Waals surface area contributed by atoms with E-state index in [9.17, 15) is 0 Å². The van der Waals surface area contributed by atoms with Gasteiger partial charge in [0.05, 0.1) is 13.2 Å². The number of ether oxygens (including phenoxy) is 2. The van der Waals surface area contributed by atoms with Crippen LogP contribution in [0.15, 0.2) is 0 Å². The largest absolute Gasteiger partial charge is 0.383 e. The van der Waals surface area contributed by atoms with Gasteiger partial charge in [0.25, 0.3) is 0 Å². The fourth-order valence-electron chi connectivity index (χ4n) is 1.03. The summed E-state index contributed by atoms with van der Waals surface area (Å²) in [5.41, 5.74) is 0.212. The fraction of sp³-hybridized carbons (Fsp3) is 1.00. The third-order valence-corrected chi connectivity index (χ3v) is 1.78. The molecule has 0 aromatic heterocycles. The lowest BCUT2D eigenvalue weighted by molar-refractivity contribution is 0.0694. The van der Waals surface area contributed by atoms with E-state index in [0.29, 0.717) is 0 Å². The topological polar surface area (TPSA) is 30.5 Å². The molecule has 0 aromatic carbocycles. The smallest absolute Gasteiger partial charge is 0.0587 e. The van der Waals surface area contributed by atoms with E-state index >= 15 is 0 Å². The predicted molar refractivity (Wildman–Crippen MR) is 55.0 cm³/mol. The predicted octanol–water partition coefficient (Wildman–Crippen LogP) is 1.29. The van der Waals surface area contributed by atoms with Gasteiger partial charge >= 0.3 is 0 Å². The minimum Gasteiger partial charge on any atom is -0.383 e. The van der Waals surface area contributed by atoms with Gasteiger partial charge in [0, 0.05) is 32.2 Å². The SMILES string of the molecule is CCOCC(C)(C)CNCCOC. The van der Waals surface area contributed by atoms with Crippen molar-refractivity contribution in [3.63, 3.8) is 0 Å². The maximum absolute atomic E-state index is 5.38. The van der Waals surface area contributed by atoms with Crippen LogP contribution in [-0.4, -0.2) is 40.0 Å². The molecule has 0 saturated heterocycles. The van der Waals surface area contributed by atoms with Crippen molar-refractivity contribution in [3.05, 3.63) is 0 Å². The molecule has 0 amide bonds. The molecule has 0 aliphatic heterocycles. The zero-order chi connectivity index (χ0) is 10.2. The van der Waals surface area contributed by atoms with E-state index in [1.807, 2.05) is 6.92 Å². The van der Waals surface area contributed by atoms with Crippen LogP contribution < -0.4 is 5.32 Å². The van der Waals surface area contributed by atoms with Crippen molar-refractivity contribution in [1.82, 2.24) is 5.32 Å². The summed E-state index contributed by atoms with van der Waals surface area (Å²) in [7, 11) is 1.72. The Labute approximate surface area is 81.8 Å². The van der Waals surface area contributed by atoms with E-state index < -0.39 is 0 Å². The van der Waals surface area contributed by atoms with Crippen LogP contribution in [0.3, 0.4) is 0 Å². The van der Waals surface area contributed by atoms with E-state index in [4.69, 9.17) is 9.47 Å². The summed E-state index contributed by atoms with van der Waals surface area (Å²) >= 11 is 0. The van der Waals surface area contributed by atoms with Gasteiger partial charge in [-0.2, -0.15) is 0 Å². The molecule has 0 aliphatic rings. The standard InChI is InChI=1S/C10H23NO2/c1-5-13-9-10(2,3)8-11-6-7-12-4/h11H,5-9H2,1-4H3. The van der Waals surface area contributed by atoms with Crippen molar-refractivity contribution < 1.29 is 9.47 Å². The second-order valence-electron chi connectivity index (χ2n) is 3.97. The van der Waals surface area contributed by atoms with Crippen molar-refractivity contribution in [3.8, 4) is 0 Å². The molecule has 0 radical (unpaired) electrons. The van der Waals surface area contributed by atoms with Crippen LogP contribution in [-0.2, 0) is 9.47 Å². The van der Waals surface area contributed by atoms with Crippen molar-refractivity contribution in [2.24, 2.45) is 5.41 Å². The molecule has 0 fully saturated rings. The highest BCUT2D eigenvalue weighted by Gasteiger charge is 2.16. The van der Waals surface area contributed by atoms with Gasteiger partial charge in [-0.05, 0) is 6.92 Å². The number of hydrogen-bond donors (Lipinski definition) is 1. The Hall–Kier alpha value is -0.120. The normalized spacial score (nSPS) is 12.0. The summed E-state index contributed by atoms with van der Waals surface area (Å²) in [5, 5.41) is 3.33. The first kappa shape index (κ1) is 12.9. The average Bonchev–Trinajstić information content (AvgIpc) is 2.09. The molecule has 0 heterocycles. The Balaban J connectivity index is 3.39. The Bertz CT molecular complexity index is 115.